The molecule has 0 bridgehead atoms. The summed E-state index contributed by atoms with van der Waals surface area (Å²) in [5, 5.41) is 9.64. The van der Waals surface area contributed by atoms with Crippen molar-refractivity contribution < 1.29 is 9.84 Å². The summed E-state index contributed by atoms with van der Waals surface area (Å²) in [5.74, 6) is 0. The molecule has 1 saturated carbocycles. The van der Waals surface area contributed by atoms with Gasteiger partial charge >= 0.3 is 0 Å². The Bertz CT molecular complexity index is 190. The molecule has 0 aromatic rings. The van der Waals surface area contributed by atoms with Gasteiger partial charge in [0, 0.05) is 31.7 Å². The first-order valence-corrected chi connectivity index (χ1v) is 6.43. The largest absolute Gasteiger partial charge is 0.396 e. The molecule has 0 aromatic heterocycles. The molecule has 3 nitrogen and oxygen atoms in total. The highest BCUT2D eigenvalue weighted by Gasteiger charge is 2.33. The molecule has 1 N–H and O–H groups in total. The van der Waals surface area contributed by atoms with Gasteiger partial charge in [-0.05, 0) is 26.8 Å². The maximum Gasteiger partial charge on any atom is 0.0615 e. The average molecular weight is 229 g/mol. The number of methoxy groups -OCH3 is 1. The van der Waals surface area contributed by atoms with Crippen molar-refractivity contribution in [2.24, 2.45) is 5.41 Å². The Morgan fingerprint density at radius 3 is 2.44 bits per heavy atom. The van der Waals surface area contributed by atoms with E-state index in [0.717, 1.165) is 13.2 Å². The van der Waals surface area contributed by atoms with Crippen molar-refractivity contribution in [3.05, 3.63) is 0 Å². The molecule has 1 unspecified atom stereocenters. The lowest BCUT2D eigenvalue weighted by atomic mass is 9.74. The molecule has 16 heavy (non-hydrogen) atoms. The zero-order chi connectivity index (χ0) is 12.0. The molecule has 1 rings (SSSR count). The first kappa shape index (κ1) is 13.9. The summed E-state index contributed by atoms with van der Waals surface area (Å²) in [5.41, 5.74) is 0.148. The molecule has 0 aliphatic heterocycles. The number of rotatable bonds is 6. The fourth-order valence-electron chi connectivity index (χ4n) is 2.72. The Kier molecular flexibility index (Phi) is 5.73. The number of hydrogen-bond acceptors (Lipinski definition) is 3. The van der Waals surface area contributed by atoms with Gasteiger partial charge in [0.05, 0.1) is 6.61 Å². The van der Waals surface area contributed by atoms with Crippen molar-refractivity contribution >= 4 is 0 Å². The van der Waals surface area contributed by atoms with Crippen LogP contribution in [0.2, 0.25) is 0 Å². The van der Waals surface area contributed by atoms with Crippen molar-refractivity contribution in [1.29, 1.82) is 0 Å². The summed E-state index contributed by atoms with van der Waals surface area (Å²) < 4.78 is 5.18. The van der Waals surface area contributed by atoms with Crippen molar-refractivity contribution in [2.75, 3.05) is 33.9 Å². The van der Waals surface area contributed by atoms with E-state index >= 15 is 0 Å². The fourth-order valence-corrected chi connectivity index (χ4v) is 2.72. The lowest BCUT2D eigenvalue weighted by Gasteiger charge is -2.40. The van der Waals surface area contributed by atoms with Crippen LogP contribution in [0, 0.1) is 5.41 Å². The van der Waals surface area contributed by atoms with Gasteiger partial charge in [-0.25, -0.2) is 0 Å². The minimum atomic E-state index is 0.148. The van der Waals surface area contributed by atoms with Crippen molar-refractivity contribution in [2.45, 2.75) is 45.1 Å². The maximum atomic E-state index is 9.64. The molecule has 0 amide bonds. The Balaban J connectivity index is 2.48. The van der Waals surface area contributed by atoms with Crippen LogP contribution in [-0.2, 0) is 4.74 Å². The molecular weight excluding hydrogens is 202 g/mol. The van der Waals surface area contributed by atoms with Gasteiger partial charge in [0.15, 0.2) is 0 Å². The summed E-state index contributed by atoms with van der Waals surface area (Å²) in [6.07, 6.45) is 6.22. The Hall–Kier alpha value is -0.120. The zero-order valence-electron chi connectivity index (χ0n) is 11.0. The van der Waals surface area contributed by atoms with Crippen molar-refractivity contribution in [3.63, 3.8) is 0 Å². The molecule has 0 heterocycles. The quantitative estimate of drug-likeness (QED) is 0.755. The molecular formula is C13H27NO2. The molecule has 0 saturated heterocycles. The van der Waals surface area contributed by atoms with Crippen LogP contribution in [-0.4, -0.2) is 50.0 Å². The van der Waals surface area contributed by atoms with Crippen LogP contribution in [0.5, 0.6) is 0 Å². The summed E-state index contributed by atoms with van der Waals surface area (Å²) >= 11 is 0. The van der Waals surface area contributed by atoms with Gasteiger partial charge in [0.1, 0.15) is 0 Å². The van der Waals surface area contributed by atoms with Crippen LogP contribution in [0.4, 0.5) is 0 Å². The van der Waals surface area contributed by atoms with E-state index in [1.165, 1.54) is 32.1 Å². The van der Waals surface area contributed by atoms with Crippen LogP contribution in [0.15, 0.2) is 0 Å². The minimum absolute atomic E-state index is 0.148. The topological polar surface area (TPSA) is 32.7 Å². The Labute approximate surface area is 99.8 Å². The highest BCUT2D eigenvalue weighted by molar-refractivity contribution is 4.85. The van der Waals surface area contributed by atoms with Crippen LogP contribution >= 0.6 is 0 Å². The van der Waals surface area contributed by atoms with Gasteiger partial charge in [0.2, 0.25) is 0 Å². The molecule has 0 aromatic carbocycles. The van der Waals surface area contributed by atoms with Crippen LogP contribution < -0.4 is 0 Å². The third kappa shape index (κ3) is 3.72. The SMILES string of the molecule is COCC(C)N(C)CC1(CO)CCCCC1. The highest BCUT2D eigenvalue weighted by Crippen LogP contribution is 2.36. The van der Waals surface area contributed by atoms with E-state index in [0.29, 0.717) is 12.6 Å². The highest BCUT2D eigenvalue weighted by atomic mass is 16.5. The fraction of sp³-hybridized carbons (Fsp3) is 1.00. The standard InChI is InChI=1S/C13H27NO2/c1-12(9-16-3)14(2)10-13(11-15)7-5-4-6-8-13/h12,15H,4-11H2,1-3H3. The summed E-state index contributed by atoms with van der Waals surface area (Å²) in [7, 11) is 3.88. The molecule has 0 spiro atoms. The third-order valence-corrected chi connectivity index (χ3v) is 3.99. The predicted molar refractivity (Wildman–Crippen MR) is 66.6 cm³/mol. The van der Waals surface area contributed by atoms with E-state index < -0.39 is 0 Å². The number of nitrogens with zero attached hydrogens (tertiary/aromatic N) is 1. The van der Waals surface area contributed by atoms with Crippen LogP contribution in [0.3, 0.4) is 0 Å². The maximum absolute atomic E-state index is 9.64. The molecule has 1 fully saturated rings. The second-order valence-corrected chi connectivity index (χ2v) is 5.44. The molecule has 96 valence electrons. The van der Waals surface area contributed by atoms with Crippen LogP contribution in [0.1, 0.15) is 39.0 Å². The van der Waals surface area contributed by atoms with E-state index in [2.05, 4.69) is 18.9 Å². The van der Waals surface area contributed by atoms with E-state index in [1.54, 1.807) is 7.11 Å². The van der Waals surface area contributed by atoms with Gasteiger partial charge in [-0.3, -0.25) is 0 Å². The van der Waals surface area contributed by atoms with Crippen molar-refractivity contribution in [3.8, 4) is 0 Å². The molecule has 0 radical (unpaired) electrons. The van der Waals surface area contributed by atoms with Gasteiger partial charge in [-0.15, -0.1) is 0 Å². The number of likely N-dealkylation sites (N-methyl/N-ethyl adjacent to an activating group) is 1. The Morgan fingerprint density at radius 2 is 1.94 bits per heavy atom. The minimum Gasteiger partial charge on any atom is -0.396 e. The molecule has 1 aliphatic rings. The average Bonchev–Trinajstić information content (AvgIpc) is 2.30. The van der Waals surface area contributed by atoms with Gasteiger partial charge < -0.3 is 14.7 Å². The van der Waals surface area contributed by atoms with E-state index in [9.17, 15) is 5.11 Å². The molecule has 3 heteroatoms. The van der Waals surface area contributed by atoms with Gasteiger partial charge in [-0.2, -0.15) is 0 Å². The van der Waals surface area contributed by atoms with E-state index in [1.807, 2.05) is 0 Å². The second kappa shape index (κ2) is 6.58. The normalized spacial score (nSPS) is 22.3. The summed E-state index contributed by atoms with van der Waals surface area (Å²) in [6.45, 7) is 4.26. The first-order valence-electron chi connectivity index (χ1n) is 6.43. The second-order valence-electron chi connectivity index (χ2n) is 5.44. The van der Waals surface area contributed by atoms with Gasteiger partial charge in [0.25, 0.3) is 0 Å². The number of hydrogen-bond donors (Lipinski definition) is 1. The molecule has 1 atom stereocenters. The van der Waals surface area contributed by atoms with Crippen molar-refractivity contribution in [1.82, 2.24) is 4.90 Å². The van der Waals surface area contributed by atoms with E-state index in [-0.39, 0.29) is 5.41 Å². The molecule has 1 aliphatic carbocycles. The smallest absolute Gasteiger partial charge is 0.0615 e. The van der Waals surface area contributed by atoms with E-state index in [4.69, 9.17) is 4.74 Å². The number of aliphatic hydroxyl groups is 1. The zero-order valence-corrected chi connectivity index (χ0v) is 11.0. The summed E-state index contributed by atoms with van der Waals surface area (Å²) in [6, 6.07) is 0.426. The Morgan fingerprint density at radius 1 is 1.31 bits per heavy atom. The first-order chi connectivity index (χ1) is 7.63. The van der Waals surface area contributed by atoms with Gasteiger partial charge in [-0.1, -0.05) is 19.3 Å². The third-order valence-electron chi connectivity index (χ3n) is 3.99. The lowest BCUT2D eigenvalue weighted by Crippen LogP contribution is -2.44. The monoisotopic (exact) mass is 229 g/mol. The lowest BCUT2D eigenvalue weighted by molar-refractivity contribution is 0.0230. The van der Waals surface area contributed by atoms with Crippen LogP contribution in [0.25, 0.3) is 0 Å². The number of ether oxygens (including phenoxy) is 1. The number of aliphatic hydroxyl groups excluding tert-OH is 1. The summed E-state index contributed by atoms with van der Waals surface area (Å²) in [4.78, 5) is 2.32. The predicted octanol–water partition coefficient (Wildman–Crippen LogP) is 1.90.